The van der Waals surface area contributed by atoms with E-state index < -0.39 is 18.8 Å². The largest absolute Gasteiger partial charge is 0.401 e. The summed E-state index contributed by atoms with van der Waals surface area (Å²) in [4.78, 5) is 0. The molecule has 0 bridgehead atoms. The van der Waals surface area contributed by atoms with Gasteiger partial charge in [0.15, 0.2) is 0 Å². The second-order valence-electron chi connectivity index (χ2n) is 3.73. The van der Waals surface area contributed by atoms with E-state index >= 15 is 0 Å². The number of halogens is 3. The van der Waals surface area contributed by atoms with Crippen LogP contribution in [0.25, 0.3) is 0 Å². The number of nitrogens with one attached hydrogen (secondary N) is 1. The maximum absolute atomic E-state index is 12.0. The Morgan fingerprint density at radius 3 is 2.40 bits per heavy atom. The van der Waals surface area contributed by atoms with Crippen molar-refractivity contribution >= 4 is 0 Å². The molecule has 1 aliphatic rings. The van der Waals surface area contributed by atoms with Crippen LogP contribution in [-0.2, 0) is 4.74 Å². The van der Waals surface area contributed by atoms with Crippen LogP contribution in [0.1, 0.15) is 12.8 Å². The van der Waals surface area contributed by atoms with Crippen molar-refractivity contribution in [1.29, 1.82) is 0 Å². The van der Waals surface area contributed by atoms with Crippen LogP contribution in [0.5, 0.6) is 0 Å². The van der Waals surface area contributed by atoms with Crippen LogP contribution < -0.4 is 5.32 Å². The van der Waals surface area contributed by atoms with Crippen LogP contribution in [-0.4, -0.2) is 43.7 Å². The van der Waals surface area contributed by atoms with Gasteiger partial charge in [0.2, 0.25) is 0 Å². The minimum atomic E-state index is -4.22. The molecule has 0 saturated carbocycles. The van der Waals surface area contributed by atoms with Crippen molar-refractivity contribution in [2.75, 3.05) is 26.4 Å². The highest BCUT2D eigenvalue weighted by Gasteiger charge is 2.30. The molecule has 1 fully saturated rings. The van der Waals surface area contributed by atoms with Crippen molar-refractivity contribution in [3.63, 3.8) is 0 Å². The summed E-state index contributed by atoms with van der Waals surface area (Å²) < 4.78 is 41.0. The number of aliphatic hydroxyl groups excluding tert-OH is 1. The fraction of sp³-hybridized carbons (Fsp3) is 1.00. The molecule has 90 valence electrons. The Morgan fingerprint density at radius 2 is 1.93 bits per heavy atom. The number of hydrogen-bond donors (Lipinski definition) is 2. The summed E-state index contributed by atoms with van der Waals surface area (Å²) in [5.41, 5.74) is 0. The minimum Gasteiger partial charge on any atom is -0.395 e. The first kappa shape index (κ1) is 12.7. The number of rotatable bonds is 4. The lowest BCUT2D eigenvalue weighted by Gasteiger charge is -2.30. The van der Waals surface area contributed by atoms with E-state index in [1.54, 1.807) is 0 Å². The van der Waals surface area contributed by atoms with E-state index in [-0.39, 0.29) is 12.5 Å². The zero-order valence-corrected chi connectivity index (χ0v) is 8.39. The zero-order valence-electron chi connectivity index (χ0n) is 8.39. The van der Waals surface area contributed by atoms with Crippen molar-refractivity contribution in [3.05, 3.63) is 0 Å². The zero-order chi connectivity index (χ0) is 11.3. The molecule has 3 nitrogen and oxygen atoms in total. The molecule has 0 spiro atoms. The molecule has 1 saturated heterocycles. The average molecular weight is 227 g/mol. The van der Waals surface area contributed by atoms with Gasteiger partial charge in [0.1, 0.15) is 0 Å². The molecule has 6 heteroatoms. The van der Waals surface area contributed by atoms with E-state index in [1.807, 2.05) is 0 Å². The first-order chi connectivity index (χ1) is 7.03. The number of aliphatic hydroxyl groups is 1. The van der Waals surface area contributed by atoms with Gasteiger partial charge in [-0.15, -0.1) is 0 Å². The lowest BCUT2D eigenvalue weighted by molar-refractivity contribution is -0.128. The molecule has 0 radical (unpaired) electrons. The number of hydrogen-bond acceptors (Lipinski definition) is 3. The van der Waals surface area contributed by atoms with E-state index in [0.29, 0.717) is 26.1 Å². The van der Waals surface area contributed by atoms with Gasteiger partial charge < -0.3 is 15.2 Å². The molecule has 1 rings (SSSR count). The molecule has 15 heavy (non-hydrogen) atoms. The molecule has 0 amide bonds. The van der Waals surface area contributed by atoms with Gasteiger partial charge in [-0.1, -0.05) is 0 Å². The van der Waals surface area contributed by atoms with E-state index in [4.69, 9.17) is 9.84 Å². The van der Waals surface area contributed by atoms with E-state index in [9.17, 15) is 13.2 Å². The highest BCUT2D eigenvalue weighted by atomic mass is 19.4. The smallest absolute Gasteiger partial charge is 0.395 e. The Labute approximate surface area is 86.6 Å². The summed E-state index contributed by atoms with van der Waals surface area (Å²) in [5.74, 6) is 0.0751. The SMILES string of the molecule is OCC(NCC(F)(F)F)C1CCOCC1. The van der Waals surface area contributed by atoms with E-state index in [2.05, 4.69) is 5.32 Å². The topological polar surface area (TPSA) is 41.5 Å². The second-order valence-corrected chi connectivity index (χ2v) is 3.73. The van der Waals surface area contributed by atoms with Crippen molar-refractivity contribution in [1.82, 2.24) is 5.32 Å². The van der Waals surface area contributed by atoms with Crippen LogP contribution in [0.4, 0.5) is 13.2 Å². The Morgan fingerprint density at radius 1 is 1.33 bits per heavy atom. The van der Waals surface area contributed by atoms with E-state index in [1.165, 1.54) is 0 Å². The maximum Gasteiger partial charge on any atom is 0.401 e. The van der Waals surface area contributed by atoms with Gasteiger partial charge in [-0.05, 0) is 18.8 Å². The van der Waals surface area contributed by atoms with Crippen molar-refractivity contribution in [3.8, 4) is 0 Å². The minimum absolute atomic E-state index is 0.0751. The van der Waals surface area contributed by atoms with Gasteiger partial charge in [0.25, 0.3) is 0 Å². The molecule has 0 aliphatic carbocycles. The molecular weight excluding hydrogens is 211 g/mol. The van der Waals surface area contributed by atoms with Crippen LogP contribution in [0.3, 0.4) is 0 Å². The summed E-state index contributed by atoms with van der Waals surface area (Å²) in [7, 11) is 0. The molecule has 0 aromatic rings. The third-order valence-electron chi connectivity index (χ3n) is 2.60. The van der Waals surface area contributed by atoms with Crippen molar-refractivity contribution < 1.29 is 23.0 Å². The highest BCUT2D eigenvalue weighted by Crippen LogP contribution is 2.20. The number of ether oxygens (including phenoxy) is 1. The quantitative estimate of drug-likeness (QED) is 0.750. The average Bonchev–Trinajstić information content (AvgIpc) is 2.19. The molecule has 1 atom stereocenters. The van der Waals surface area contributed by atoms with E-state index in [0.717, 1.165) is 0 Å². The van der Waals surface area contributed by atoms with Crippen LogP contribution >= 0.6 is 0 Å². The predicted octanol–water partition coefficient (Wildman–Crippen LogP) is 0.926. The fourth-order valence-electron chi connectivity index (χ4n) is 1.75. The summed E-state index contributed by atoms with van der Waals surface area (Å²) >= 11 is 0. The Kier molecular flexibility index (Phi) is 4.82. The third-order valence-corrected chi connectivity index (χ3v) is 2.60. The highest BCUT2D eigenvalue weighted by molar-refractivity contribution is 4.78. The van der Waals surface area contributed by atoms with Gasteiger partial charge in [0, 0.05) is 19.3 Å². The van der Waals surface area contributed by atoms with Gasteiger partial charge in [-0.3, -0.25) is 0 Å². The van der Waals surface area contributed by atoms with Crippen molar-refractivity contribution in [2.45, 2.75) is 25.1 Å². The standard InChI is InChI=1S/C9H16F3NO2/c10-9(11,12)6-13-8(5-14)7-1-3-15-4-2-7/h7-8,13-14H,1-6H2. The Hall–Kier alpha value is -0.330. The summed E-state index contributed by atoms with van der Waals surface area (Å²) in [6.45, 7) is -0.180. The van der Waals surface area contributed by atoms with Crippen LogP contribution in [0, 0.1) is 5.92 Å². The molecule has 0 aromatic carbocycles. The third kappa shape index (κ3) is 4.81. The van der Waals surface area contributed by atoms with Crippen LogP contribution in [0.2, 0.25) is 0 Å². The Bertz CT molecular complexity index is 181. The molecule has 1 aliphatic heterocycles. The normalized spacial score (nSPS) is 21.6. The summed E-state index contributed by atoms with van der Waals surface area (Å²) in [5, 5.41) is 11.4. The first-order valence-corrected chi connectivity index (χ1v) is 5.01. The Balaban J connectivity index is 2.34. The van der Waals surface area contributed by atoms with Gasteiger partial charge in [-0.2, -0.15) is 13.2 Å². The van der Waals surface area contributed by atoms with Gasteiger partial charge in [-0.25, -0.2) is 0 Å². The van der Waals surface area contributed by atoms with Gasteiger partial charge in [0.05, 0.1) is 13.2 Å². The number of alkyl halides is 3. The molecular formula is C9H16F3NO2. The van der Waals surface area contributed by atoms with Gasteiger partial charge >= 0.3 is 6.18 Å². The predicted molar refractivity (Wildman–Crippen MR) is 48.5 cm³/mol. The summed E-state index contributed by atoms with van der Waals surface area (Å²) in [6, 6.07) is -0.476. The van der Waals surface area contributed by atoms with Crippen molar-refractivity contribution in [2.24, 2.45) is 5.92 Å². The lowest BCUT2D eigenvalue weighted by Crippen LogP contribution is -2.45. The molecule has 2 N–H and O–H groups in total. The maximum atomic E-state index is 12.0. The monoisotopic (exact) mass is 227 g/mol. The second kappa shape index (κ2) is 5.67. The molecule has 1 heterocycles. The van der Waals surface area contributed by atoms with Crippen LogP contribution in [0.15, 0.2) is 0 Å². The summed E-state index contributed by atoms with van der Waals surface area (Å²) in [6.07, 6.45) is -2.81. The lowest BCUT2D eigenvalue weighted by atomic mass is 9.92. The fourth-order valence-corrected chi connectivity index (χ4v) is 1.75. The molecule has 1 unspecified atom stereocenters. The molecule has 0 aromatic heterocycles. The first-order valence-electron chi connectivity index (χ1n) is 5.01.